The highest BCUT2D eigenvalue weighted by molar-refractivity contribution is 5.35. The van der Waals surface area contributed by atoms with Gasteiger partial charge in [0, 0.05) is 6.20 Å². The fourth-order valence-corrected chi connectivity index (χ4v) is 2.03. The van der Waals surface area contributed by atoms with E-state index in [1.165, 1.54) is 6.07 Å². The maximum atomic E-state index is 12.7. The summed E-state index contributed by atoms with van der Waals surface area (Å²) in [5.41, 5.74) is 3.70. The van der Waals surface area contributed by atoms with E-state index in [0.29, 0.717) is 11.3 Å². The number of hydrogen-bond acceptors (Lipinski definition) is 3. The molecule has 1 atom stereocenters. The van der Waals surface area contributed by atoms with Crippen molar-refractivity contribution in [2.24, 2.45) is 5.84 Å². The second kappa shape index (κ2) is 5.60. The molecule has 20 heavy (non-hydrogen) atoms. The first kappa shape index (κ1) is 14.5. The predicted octanol–water partition coefficient (Wildman–Crippen LogP) is 2.96. The zero-order valence-electron chi connectivity index (χ0n) is 10.8. The Hall–Kier alpha value is -1.92. The Morgan fingerprint density at radius 3 is 2.55 bits per heavy atom. The average molecular weight is 281 g/mol. The highest BCUT2D eigenvalue weighted by atomic mass is 19.4. The number of aromatic nitrogens is 1. The third-order valence-corrected chi connectivity index (χ3v) is 3.04. The van der Waals surface area contributed by atoms with Crippen LogP contribution < -0.4 is 11.3 Å². The van der Waals surface area contributed by atoms with Crippen LogP contribution in [0.5, 0.6) is 0 Å². The highest BCUT2D eigenvalue weighted by Gasteiger charge is 2.31. The number of pyridine rings is 1. The van der Waals surface area contributed by atoms with E-state index in [9.17, 15) is 13.2 Å². The van der Waals surface area contributed by atoms with Gasteiger partial charge in [0.25, 0.3) is 0 Å². The number of nitrogens with zero attached hydrogens (tertiary/aromatic N) is 1. The predicted molar refractivity (Wildman–Crippen MR) is 69.6 cm³/mol. The lowest BCUT2D eigenvalue weighted by Crippen LogP contribution is -2.30. The van der Waals surface area contributed by atoms with E-state index in [2.05, 4.69) is 10.4 Å². The Labute approximate surface area is 114 Å². The molecule has 3 nitrogen and oxygen atoms in total. The number of nitrogens with one attached hydrogen (secondary N) is 1. The number of rotatable bonds is 3. The van der Waals surface area contributed by atoms with E-state index in [0.717, 1.165) is 17.7 Å². The molecular weight excluding hydrogens is 267 g/mol. The van der Waals surface area contributed by atoms with Gasteiger partial charge in [0.05, 0.1) is 17.3 Å². The fourth-order valence-electron chi connectivity index (χ4n) is 2.03. The third-order valence-electron chi connectivity index (χ3n) is 3.04. The maximum absolute atomic E-state index is 12.7. The molecule has 0 saturated carbocycles. The second-order valence-electron chi connectivity index (χ2n) is 4.43. The number of benzene rings is 1. The number of hydrogen-bond donors (Lipinski definition) is 2. The van der Waals surface area contributed by atoms with Crippen molar-refractivity contribution in [2.75, 3.05) is 0 Å². The molecular formula is C14H14F3N3. The smallest absolute Gasteiger partial charge is 0.271 e. The Kier molecular flexibility index (Phi) is 4.06. The molecule has 0 saturated heterocycles. The van der Waals surface area contributed by atoms with Gasteiger partial charge in [0.1, 0.15) is 0 Å². The summed E-state index contributed by atoms with van der Waals surface area (Å²) in [6, 6.07) is 8.08. The molecule has 1 unspecified atom stereocenters. The van der Waals surface area contributed by atoms with Gasteiger partial charge in [-0.2, -0.15) is 13.2 Å². The molecule has 2 aromatic rings. The van der Waals surface area contributed by atoms with E-state index >= 15 is 0 Å². The lowest BCUT2D eigenvalue weighted by atomic mass is 9.98. The van der Waals surface area contributed by atoms with Crippen LogP contribution in [0.2, 0.25) is 0 Å². The van der Waals surface area contributed by atoms with Crippen molar-refractivity contribution in [3.8, 4) is 0 Å². The van der Waals surface area contributed by atoms with Crippen LogP contribution in [0.15, 0.2) is 42.6 Å². The van der Waals surface area contributed by atoms with Crippen LogP contribution in [0.25, 0.3) is 0 Å². The van der Waals surface area contributed by atoms with Gasteiger partial charge in [0.2, 0.25) is 0 Å². The molecule has 1 heterocycles. The first-order chi connectivity index (χ1) is 9.43. The maximum Gasteiger partial charge on any atom is 0.416 e. The topological polar surface area (TPSA) is 50.9 Å². The minimum absolute atomic E-state index is 0.420. The van der Waals surface area contributed by atoms with Crippen molar-refractivity contribution in [3.05, 3.63) is 65.0 Å². The highest BCUT2D eigenvalue weighted by Crippen LogP contribution is 2.32. The van der Waals surface area contributed by atoms with Crippen LogP contribution in [0, 0.1) is 6.92 Å². The summed E-state index contributed by atoms with van der Waals surface area (Å²) in [7, 11) is 0. The average Bonchev–Trinajstić information content (AvgIpc) is 2.41. The molecule has 0 aliphatic heterocycles. The van der Waals surface area contributed by atoms with E-state index in [1.54, 1.807) is 18.3 Å². The van der Waals surface area contributed by atoms with E-state index in [1.807, 2.05) is 13.0 Å². The second-order valence-corrected chi connectivity index (χ2v) is 4.43. The van der Waals surface area contributed by atoms with Gasteiger partial charge in [-0.25, -0.2) is 5.43 Å². The molecule has 0 radical (unpaired) electrons. The van der Waals surface area contributed by atoms with Crippen molar-refractivity contribution >= 4 is 0 Å². The van der Waals surface area contributed by atoms with Gasteiger partial charge in [-0.3, -0.25) is 10.8 Å². The SMILES string of the molecule is Cc1cccnc1C(NN)c1cccc(C(F)(F)F)c1. The third kappa shape index (κ3) is 2.97. The van der Waals surface area contributed by atoms with Crippen LogP contribution in [0.1, 0.15) is 28.4 Å². The number of hydrazine groups is 1. The van der Waals surface area contributed by atoms with Gasteiger partial charge in [-0.05, 0) is 36.2 Å². The summed E-state index contributed by atoms with van der Waals surface area (Å²) < 4.78 is 38.2. The van der Waals surface area contributed by atoms with E-state index in [4.69, 9.17) is 5.84 Å². The molecule has 2 rings (SSSR count). The summed E-state index contributed by atoms with van der Waals surface area (Å²) in [6.45, 7) is 1.83. The van der Waals surface area contributed by atoms with Crippen LogP contribution in [0.3, 0.4) is 0 Å². The zero-order valence-corrected chi connectivity index (χ0v) is 10.8. The Morgan fingerprint density at radius 2 is 1.95 bits per heavy atom. The summed E-state index contributed by atoms with van der Waals surface area (Å²) in [4.78, 5) is 4.19. The lowest BCUT2D eigenvalue weighted by molar-refractivity contribution is -0.137. The van der Waals surface area contributed by atoms with Crippen LogP contribution >= 0.6 is 0 Å². The first-order valence-electron chi connectivity index (χ1n) is 5.98. The molecule has 0 amide bonds. The molecule has 1 aromatic heterocycles. The van der Waals surface area contributed by atoms with Gasteiger partial charge >= 0.3 is 6.18 Å². The number of nitrogens with two attached hydrogens (primary N) is 1. The molecule has 0 aliphatic carbocycles. The minimum Gasteiger partial charge on any atom is -0.271 e. The summed E-state index contributed by atoms with van der Waals surface area (Å²) in [6.07, 6.45) is -2.80. The van der Waals surface area contributed by atoms with Crippen LogP contribution in [0.4, 0.5) is 13.2 Å². The largest absolute Gasteiger partial charge is 0.416 e. The van der Waals surface area contributed by atoms with Crippen LogP contribution in [-0.4, -0.2) is 4.98 Å². The molecule has 3 N–H and O–H groups in total. The van der Waals surface area contributed by atoms with E-state index in [-0.39, 0.29) is 0 Å². The fraction of sp³-hybridized carbons (Fsp3) is 0.214. The van der Waals surface area contributed by atoms with Gasteiger partial charge in [-0.15, -0.1) is 0 Å². The molecule has 0 spiro atoms. The Balaban J connectivity index is 2.46. The Morgan fingerprint density at radius 1 is 1.20 bits per heavy atom. The molecule has 6 heteroatoms. The number of aryl methyl sites for hydroxylation is 1. The van der Waals surface area contributed by atoms with Crippen molar-refractivity contribution < 1.29 is 13.2 Å². The minimum atomic E-state index is -4.38. The van der Waals surface area contributed by atoms with Crippen molar-refractivity contribution in [1.82, 2.24) is 10.4 Å². The zero-order chi connectivity index (χ0) is 14.8. The lowest BCUT2D eigenvalue weighted by Gasteiger charge is -2.19. The number of halogens is 3. The number of alkyl halides is 3. The van der Waals surface area contributed by atoms with Crippen molar-refractivity contribution in [2.45, 2.75) is 19.1 Å². The van der Waals surface area contributed by atoms with Gasteiger partial charge in [0.15, 0.2) is 0 Å². The molecule has 0 fully saturated rings. The van der Waals surface area contributed by atoms with E-state index < -0.39 is 17.8 Å². The van der Waals surface area contributed by atoms with Gasteiger partial charge < -0.3 is 0 Å². The van der Waals surface area contributed by atoms with Crippen LogP contribution in [-0.2, 0) is 6.18 Å². The molecule has 0 aliphatic rings. The molecule has 1 aromatic carbocycles. The monoisotopic (exact) mass is 281 g/mol. The normalized spacial score (nSPS) is 13.2. The van der Waals surface area contributed by atoms with Gasteiger partial charge in [-0.1, -0.05) is 18.2 Å². The first-order valence-corrected chi connectivity index (χ1v) is 5.98. The summed E-state index contributed by atoms with van der Waals surface area (Å²) >= 11 is 0. The Bertz CT molecular complexity index is 596. The summed E-state index contributed by atoms with van der Waals surface area (Å²) in [5, 5.41) is 0. The standard InChI is InChI=1S/C14H14F3N3/c1-9-4-3-7-19-12(9)13(20-18)10-5-2-6-11(8-10)14(15,16)17/h2-8,13,20H,18H2,1H3. The van der Waals surface area contributed by atoms with Crippen molar-refractivity contribution in [3.63, 3.8) is 0 Å². The molecule has 0 bridgehead atoms. The molecule has 106 valence electrons. The quantitative estimate of drug-likeness (QED) is 0.671. The summed E-state index contributed by atoms with van der Waals surface area (Å²) in [5.74, 6) is 5.49. The van der Waals surface area contributed by atoms with Crippen molar-refractivity contribution in [1.29, 1.82) is 0 Å².